The second kappa shape index (κ2) is 7.74. The fourth-order valence-corrected chi connectivity index (χ4v) is 3.35. The van der Waals surface area contributed by atoms with Crippen molar-refractivity contribution >= 4 is 5.91 Å². The van der Waals surface area contributed by atoms with Crippen molar-refractivity contribution in [3.8, 4) is 0 Å². The summed E-state index contributed by atoms with van der Waals surface area (Å²) in [4.78, 5) is 19.0. The Labute approximate surface area is 147 Å². The van der Waals surface area contributed by atoms with E-state index >= 15 is 0 Å². The van der Waals surface area contributed by atoms with Gasteiger partial charge in [0.1, 0.15) is 11.9 Å². The van der Waals surface area contributed by atoms with Crippen LogP contribution < -0.4 is 0 Å². The fourth-order valence-electron chi connectivity index (χ4n) is 3.35. The number of ether oxygens (including phenoxy) is 1. The van der Waals surface area contributed by atoms with Gasteiger partial charge in [-0.2, -0.15) is 0 Å². The molecule has 1 aromatic carbocycles. The van der Waals surface area contributed by atoms with E-state index in [9.17, 15) is 9.18 Å². The number of benzene rings is 1. The molecule has 1 saturated heterocycles. The SMILES string of the molecule is CCN(C(=O)[C@@H]1CCCO1)[C@H](c1cccnc1)c1ccc(F)c(C)c1. The van der Waals surface area contributed by atoms with Crippen LogP contribution in [-0.2, 0) is 9.53 Å². The second-order valence-corrected chi connectivity index (χ2v) is 6.32. The van der Waals surface area contributed by atoms with Crippen LogP contribution in [0.4, 0.5) is 4.39 Å². The summed E-state index contributed by atoms with van der Waals surface area (Å²) in [7, 11) is 0. The van der Waals surface area contributed by atoms with E-state index in [4.69, 9.17) is 4.74 Å². The number of hydrogen-bond acceptors (Lipinski definition) is 3. The zero-order valence-corrected chi connectivity index (χ0v) is 14.6. The molecule has 0 spiro atoms. The lowest BCUT2D eigenvalue weighted by Gasteiger charge is -2.33. The molecule has 0 unspecified atom stereocenters. The topological polar surface area (TPSA) is 42.4 Å². The number of carbonyl (C=O) groups is 1. The Kier molecular flexibility index (Phi) is 5.43. The van der Waals surface area contributed by atoms with E-state index in [1.807, 2.05) is 19.1 Å². The van der Waals surface area contributed by atoms with Crippen LogP contribution in [0.2, 0.25) is 0 Å². The minimum Gasteiger partial charge on any atom is -0.368 e. The zero-order chi connectivity index (χ0) is 17.8. The first-order valence-electron chi connectivity index (χ1n) is 8.70. The third-order valence-corrected chi connectivity index (χ3v) is 4.64. The van der Waals surface area contributed by atoms with Gasteiger partial charge in [-0.1, -0.05) is 18.2 Å². The van der Waals surface area contributed by atoms with E-state index in [0.29, 0.717) is 18.7 Å². The molecule has 2 aromatic rings. The summed E-state index contributed by atoms with van der Waals surface area (Å²) in [6, 6.07) is 8.49. The van der Waals surface area contributed by atoms with Crippen LogP contribution >= 0.6 is 0 Å². The lowest BCUT2D eigenvalue weighted by atomic mass is 9.96. The smallest absolute Gasteiger partial charge is 0.252 e. The number of likely N-dealkylation sites (N-methyl/N-ethyl adjacent to an activating group) is 1. The molecular weight excluding hydrogens is 319 g/mol. The van der Waals surface area contributed by atoms with Crippen molar-refractivity contribution < 1.29 is 13.9 Å². The molecule has 2 heterocycles. The highest BCUT2D eigenvalue weighted by Gasteiger charge is 2.33. The van der Waals surface area contributed by atoms with Gasteiger partial charge in [-0.25, -0.2) is 4.39 Å². The highest BCUT2D eigenvalue weighted by molar-refractivity contribution is 5.82. The summed E-state index contributed by atoms with van der Waals surface area (Å²) in [5, 5.41) is 0. The summed E-state index contributed by atoms with van der Waals surface area (Å²) < 4.78 is 19.3. The molecule has 132 valence electrons. The quantitative estimate of drug-likeness (QED) is 0.833. The predicted octanol–water partition coefficient (Wildman–Crippen LogP) is 3.65. The van der Waals surface area contributed by atoms with Crippen molar-refractivity contribution in [2.45, 2.75) is 38.8 Å². The summed E-state index contributed by atoms with van der Waals surface area (Å²) >= 11 is 0. The largest absolute Gasteiger partial charge is 0.368 e. The van der Waals surface area contributed by atoms with Gasteiger partial charge in [0.2, 0.25) is 0 Å². The Morgan fingerprint density at radius 2 is 2.24 bits per heavy atom. The van der Waals surface area contributed by atoms with Crippen LogP contribution in [0.1, 0.15) is 42.5 Å². The van der Waals surface area contributed by atoms with Crippen molar-refractivity contribution in [3.05, 3.63) is 65.2 Å². The Morgan fingerprint density at radius 3 is 2.84 bits per heavy atom. The molecule has 1 aliphatic rings. The maximum absolute atomic E-state index is 13.7. The summed E-state index contributed by atoms with van der Waals surface area (Å²) in [6.45, 7) is 4.85. The van der Waals surface area contributed by atoms with E-state index in [1.165, 1.54) is 6.07 Å². The molecule has 0 radical (unpaired) electrons. The van der Waals surface area contributed by atoms with Gasteiger partial charge >= 0.3 is 0 Å². The van der Waals surface area contributed by atoms with Gasteiger partial charge in [0, 0.05) is 25.5 Å². The van der Waals surface area contributed by atoms with Crippen LogP contribution in [-0.4, -0.2) is 35.0 Å². The van der Waals surface area contributed by atoms with Crippen molar-refractivity contribution in [1.82, 2.24) is 9.88 Å². The first-order chi connectivity index (χ1) is 12.1. The number of aromatic nitrogens is 1. The standard InChI is InChI=1S/C20H23FN2O2/c1-3-23(20(24)18-7-5-11-25-18)19(16-6-4-10-22-13-16)15-8-9-17(21)14(2)12-15/h4,6,8-10,12-13,18-19H,3,5,7,11H2,1-2H3/t18-,19-/m0/s1. The third-order valence-electron chi connectivity index (χ3n) is 4.64. The maximum Gasteiger partial charge on any atom is 0.252 e. The minimum atomic E-state index is -0.388. The lowest BCUT2D eigenvalue weighted by molar-refractivity contribution is -0.142. The highest BCUT2D eigenvalue weighted by atomic mass is 19.1. The average molecular weight is 342 g/mol. The fraction of sp³-hybridized carbons (Fsp3) is 0.400. The predicted molar refractivity (Wildman–Crippen MR) is 93.6 cm³/mol. The number of aryl methyl sites for hydroxylation is 1. The van der Waals surface area contributed by atoms with E-state index in [-0.39, 0.29) is 23.9 Å². The van der Waals surface area contributed by atoms with E-state index in [1.54, 1.807) is 36.4 Å². The van der Waals surface area contributed by atoms with Crippen LogP contribution in [0.25, 0.3) is 0 Å². The molecule has 1 fully saturated rings. The van der Waals surface area contributed by atoms with Gasteiger partial charge in [-0.3, -0.25) is 9.78 Å². The minimum absolute atomic E-state index is 0.0177. The monoisotopic (exact) mass is 342 g/mol. The van der Waals surface area contributed by atoms with Gasteiger partial charge in [-0.15, -0.1) is 0 Å². The Hall–Kier alpha value is -2.27. The second-order valence-electron chi connectivity index (χ2n) is 6.32. The molecular formula is C20H23FN2O2. The first kappa shape index (κ1) is 17.5. The molecule has 0 N–H and O–H groups in total. The Balaban J connectivity index is 2.02. The van der Waals surface area contributed by atoms with E-state index < -0.39 is 0 Å². The molecule has 4 nitrogen and oxygen atoms in total. The molecule has 25 heavy (non-hydrogen) atoms. The first-order valence-corrected chi connectivity index (χ1v) is 8.70. The molecule has 0 bridgehead atoms. The van der Waals surface area contributed by atoms with Crippen LogP contribution in [0.3, 0.4) is 0 Å². The Morgan fingerprint density at radius 1 is 1.40 bits per heavy atom. The average Bonchev–Trinajstić information content (AvgIpc) is 3.17. The van der Waals surface area contributed by atoms with Crippen LogP contribution in [0.15, 0.2) is 42.7 Å². The third kappa shape index (κ3) is 3.71. The number of rotatable bonds is 5. The number of hydrogen-bond donors (Lipinski definition) is 0. The number of pyridine rings is 1. The normalized spacial score (nSPS) is 18.1. The van der Waals surface area contributed by atoms with Crippen LogP contribution in [0.5, 0.6) is 0 Å². The van der Waals surface area contributed by atoms with E-state index in [2.05, 4.69) is 4.98 Å². The molecule has 1 aliphatic heterocycles. The van der Waals surface area contributed by atoms with Crippen LogP contribution in [0, 0.1) is 12.7 Å². The van der Waals surface area contributed by atoms with Gasteiger partial charge < -0.3 is 9.64 Å². The lowest BCUT2D eigenvalue weighted by Crippen LogP contribution is -2.41. The van der Waals surface area contributed by atoms with E-state index in [0.717, 1.165) is 24.0 Å². The number of carbonyl (C=O) groups excluding carboxylic acids is 1. The Bertz CT molecular complexity index is 730. The molecule has 0 aliphatic carbocycles. The van der Waals surface area contributed by atoms with Gasteiger partial charge in [0.15, 0.2) is 0 Å². The number of amides is 1. The van der Waals surface area contributed by atoms with Crippen molar-refractivity contribution in [3.63, 3.8) is 0 Å². The van der Waals surface area contributed by atoms with Gasteiger partial charge in [0.25, 0.3) is 5.91 Å². The molecule has 1 amide bonds. The van der Waals surface area contributed by atoms with Crippen molar-refractivity contribution in [1.29, 1.82) is 0 Å². The van der Waals surface area contributed by atoms with Gasteiger partial charge in [0.05, 0.1) is 6.04 Å². The molecule has 1 aromatic heterocycles. The van der Waals surface area contributed by atoms with Crippen molar-refractivity contribution in [2.75, 3.05) is 13.2 Å². The molecule has 3 rings (SSSR count). The van der Waals surface area contributed by atoms with Crippen molar-refractivity contribution in [2.24, 2.45) is 0 Å². The molecule has 2 atom stereocenters. The summed E-state index contributed by atoms with van der Waals surface area (Å²) in [6.07, 6.45) is 4.72. The maximum atomic E-state index is 13.7. The number of halogens is 1. The summed E-state index contributed by atoms with van der Waals surface area (Å²) in [5.41, 5.74) is 2.34. The molecule has 5 heteroatoms. The summed E-state index contributed by atoms with van der Waals surface area (Å²) in [5.74, 6) is -0.266. The molecule has 0 saturated carbocycles. The highest BCUT2D eigenvalue weighted by Crippen LogP contribution is 2.31. The number of nitrogens with zero attached hydrogens (tertiary/aromatic N) is 2. The zero-order valence-electron chi connectivity index (χ0n) is 14.6. The van der Waals surface area contributed by atoms with Gasteiger partial charge in [-0.05, 0) is 55.5 Å².